The van der Waals surface area contributed by atoms with E-state index in [1.165, 1.54) is 6.07 Å². The number of amides is 1. The van der Waals surface area contributed by atoms with Crippen LogP contribution in [0.3, 0.4) is 0 Å². The van der Waals surface area contributed by atoms with E-state index in [9.17, 15) is 9.59 Å². The maximum Gasteiger partial charge on any atom is 0.339 e. The maximum absolute atomic E-state index is 12.2. The predicted octanol–water partition coefficient (Wildman–Crippen LogP) is 3.41. The zero-order chi connectivity index (χ0) is 15.6. The van der Waals surface area contributed by atoms with Crippen LogP contribution in [0.5, 0.6) is 0 Å². The molecule has 0 radical (unpaired) electrons. The van der Waals surface area contributed by atoms with Crippen LogP contribution >= 0.6 is 0 Å². The smallest absolute Gasteiger partial charge is 0.339 e. The van der Waals surface area contributed by atoms with Gasteiger partial charge < -0.3 is 14.8 Å². The number of carboxylic acid groups (broad SMARTS) is 1. The molecule has 0 atom stereocenters. The minimum Gasteiger partial charge on any atom is -0.478 e. The van der Waals surface area contributed by atoms with E-state index >= 15 is 0 Å². The highest BCUT2D eigenvalue weighted by atomic mass is 16.4. The van der Waals surface area contributed by atoms with Crippen molar-refractivity contribution in [2.45, 2.75) is 27.2 Å². The van der Waals surface area contributed by atoms with E-state index < -0.39 is 11.9 Å². The number of rotatable bonds is 4. The number of carbonyl (C=O) groups is 2. The zero-order valence-electron chi connectivity index (χ0n) is 12.2. The van der Waals surface area contributed by atoms with Gasteiger partial charge in [-0.3, -0.25) is 4.79 Å². The van der Waals surface area contributed by atoms with Crippen LogP contribution in [0, 0.1) is 13.8 Å². The molecule has 1 aromatic heterocycles. The van der Waals surface area contributed by atoms with Crippen LogP contribution in [0.4, 0.5) is 5.69 Å². The van der Waals surface area contributed by atoms with Gasteiger partial charge in [-0.05, 0) is 25.5 Å². The molecule has 0 aliphatic heterocycles. The van der Waals surface area contributed by atoms with Gasteiger partial charge in [0.2, 0.25) is 0 Å². The lowest BCUT2D eigenvalue weighted by atomic mass is 10.1. The molecule has 1 aromatic carbocycles. The summed E-state index contributed by atoms with van der Waals surface area (Å²) in [4.78, 5) is 23.2. The van der Waals surface area contributed by atoms with Crippen LogP contribution < -0.4 is 5.32 Å². The van der Waals surface area contributed by atoms with Crippen LogP contribution in [0.1, 0.15) is 44.7 Å². The van der Waals surface area contributed by atoms with Gasteiger partial charge in [-0.15, -0.1) is 0 Å². The maximum atomic E-state index is 12.2. The molecular formula is C16H17NO4. The summed E-state index contributed by atoms with van der Waals surface area (Å²) in [7, 11) is 0. The molecule has 0 bridgehead atoms. The second-order valence-corrected chi connectivity index (χ2v) is 4.88. The third kappa shape index (κ3) is 3.13. The van der Waals surface area contributed by atoms with Gasteiger partial charge in [0.25, 0.3) is 5.91 Å². The van der Waals surface area contributed by atoms with Gasteiger partial charge in [0.05, 0.1) is 0 Å². The average Bonchev–Trinajstić information content (AvgIpc) is 2.86. The Morgan fingerprint density at radius 1 is 1.24 bits per heavy atom. The fraction of sp³-hybridized carbons (Fsp3) is 0.250. The van der Waals surface area contributed by atoms with Crippen LogP contribution in [0.2, 0.25) is 0 Å². The minimum absolute atomic E-state index is 0.00391. The molecule has 0 unspecified atom stereocenters. The molecular weight excluding hydrogens is 270 g/mol. The van der Waals surface area contributed by atoms with E-state index in [-0.39, 0.29) is 11.3 Å². The van der Waals surface area contributed by atoms with Crippen LogP contribution in [0.15, 0.2) is 28.7 Å². The summed E-state index contributed by atoms with van der Waals surface area (Å²) >= 11 is 0. The molecule has 2 N–H and O–H groups in total. The molecule has 0 saturated heterocycles. The van der Waals surface area contributed by atoms with E-state index in [2.05, 4.69) is 5.32 Å². The van der Waals surface area contributed by atoms with Gasteiger partial charge in [0.1, 0.15) is 11.3 Å². The molecule has 0 spiro atoms. The Kier molecular flexibility index (Phi) is 4.12. The van der Waals surface area contributed by atoms with Gasteiger partial charge >= 0.3 is 5.97 Å². The minimum atomic E-state index is -1.10. The molecule has 0 fully saturated rings. The Balaban J connectivity index is 2.26. The number of furan rings is 1. The highest BCUT2D eigenvalue weighted by molar-refractivity contribution is 6.04. The predicted molar refractivity (Wildman–Crippen MR) is 78.9 cm³/mol. The zero-order valence-corrected chi connectivity index (χ0v) is 12.2. The molecule has 0 saturated carbocycles. The second kappa shape index (κ2) is 5.83. The molecule has 2 aromatic rings. The van der Waals surface area contributed by atoms with Gasteiger partial charge in [-0.1, -0.05) is 24.6 Å². The first kappa shape index (κ1) is 14.8. The fourth-order valence-corrected chi connectivity index (χ4v) is 2.12. The van der Waals surface area contributed by atoms with E-state index in [4.69, 9.17) is 9.52 Å². The van der Waals surface area contributed by atoms with Crippen molar-refractivity contribution in [2.24, 2.45) is 0 Å². The lowest BCUT2D eigenvalue weighted by Gasteiger charge is -2.07. The highest BCUT2D eigenvalue weighted by Gasteiger charge is 2.20. The monoisotopic (exact) mass is 287 g/mol. The summed E-state index contributed by atoms with van der Waals surface area (Å²) in [6.07, 6.45) is 0.415. The lowest BCUT2D eigenvalue weighted by molar-refractivity contribution is 0.0694. The fourth-order valence-electron chi connectivity index (χ4n) is 2.12. The highest BCUT2D eigenvalue weighted by Crippen LogP contribution is 2.20. The number of carboxylic acids is 1. The number of hydrogen-bond donors (Lipinski definition) is 2. The molecule has 2 rings (SSSR count). The van der Waals surface area contributed by atoms with Crippen molar-refractivity contribution in [2.75, 3.05) is 5.32 Å². The summed E-state index contributed by atoms with van der Waals surface area (Å²) in [5.74, 6) is -1.25. The van der Waals surface area contributed by atoms with E-state index in [1.807, 2.05) is 32.0 Å². The first-order valence-corrected chi connectivity index (χ1v) is 6.67. The number of anilines is 1. The lowest BCUT2D eigenvalue weighted by Crippen LogP contribution is -2.12. The van der Waals surface area contributed by atoms with Gasteiger partial charge in [-0.25, -0.2) is 4.79 Å². The molecule has 0 aliphatic carbocycles. The Bertz CT molecular complexity index is 700. The third-order valence-corrected chi connectivity index (χ3v) is 3.21. The Hall–Kier alpha value is -2.56. The number of aryl methyl sites for hydroxylation is 3. The molecule has 5 nitrogen and oxygen atoms in total. The van der Waals surface area contributed by atoms with E-state index in [1.54, 1.807) is 6.92 Å². The van der Waals surface area contributed by atoms with Crippen molar-refractivity contribution >= 4 is 17.6 Å². The number of benzene rings is 1. The summed E-state index contributed by atoms with van der Waals surface area (Å²) in [5.41, 5.74) is 2.74. The molecule has 0 aliphatic rings. The van der Waals surface area contributed by atoms with Crippen LogP contribution in [0.25, 0.3) is 0 Å². The van der Waals surface area contributed by atoms with Crippen LogP contribution in [-0.2, 0) is 6.42 Å². The van der Waals surface area contributed by atoms with E-state index in [0.717, 1.165) is 11.1 Å². The average molecular weight is 287 g/mol. The molecule has 1 heterocycles. The number of carbonyl (C=O) groups excluding carboxylic acids is 1. The quantitative estimate of drug-likeness (QED) is 0.903. The summed E-state index contributed by atoms with van der Waals surface area (Å²) in [6.45, 7) is 5.64. The SMILES string of the molecule is CCc1oc(C(=O)Nc2ccc(C)cc2C)cc1C(=O)O. The second-order valence-electron chi connectivity index (χ2n) is 4.88. The standard InChI is InChI=1S/C16H17NO4/c1-4-13-11(16(19)20)8-14(21-13)15(18)17-12-6-5-9(2)7-10(12)3/h5-8H,4H2,1-3H3,(H,17,18)(H,19,20). The summed E-state index contributed by atoms with van der Waals surface area (Å²) in [6, 6.07) is 6.92. The molecule has 21 heavy (non-hydrogen) atoms. The largest absolute Gasteiger partial charge is 0.478 e. The van der Waals surface area contributed by atoms with Crippen molar-refractivity contribution < 1.29 is 19.1 Å². The molecule has 110 valence electrons. The summed E-state index contributed by atoms with van der Waals surface area (Å²) in [5, 5.41) is 11.8. The van der Waals surface area contributed by atoms with Crippen molar-refractivity contribution in [1.82, 2.24) is 0 Å². The first-order valence-electron chi connectivity index (χ1n) is 6.67. The Morgan fingerprint density at radius 2 is 1.95 bits per heavy atom. The normalized spacial score (nSPS) is 10.4. The van der Waals surface area contributed by atoms with Crippen molar-refractivity contribution in [3.8, 4) is 0 Å². The Morgan fingerprint density at radius 3 is 2.48 bits per heavy atom. The third-order valence-electron chi connectivity index (χ3n) is 3.21. The molecule has 1 amide bonds. The van der Waals surface area contributed by atoms with Gasteiger partial charge in [0.15, 0.2) is 5.76 Å². The van der Waals surface area contributed by atoms with E-state index in [0.29, 0.717) is 17.9 Å². The van der Waals surface area contributed by atoms with Crippen molar-refractivity contribution in [3.63, 3.8) is 0 Å². The van der Waals surface area contributed by atoms with Crippen molar-refractivity contribution in [1.29, 1.82) is 0 Å². The Labute approximate surface area is 122 Å². The van der Waals surface area contributed by atoms with Crippen molar-refractivity contribution in [3.05, 3.63) is 52.5 Å². The number of aromatic carboxylic acids is 1. The van der Waals surface area contributed by atoms with Crippen LogP contribution in [-0.4, -0.2) is 17.0 Å². The first-order chi connectivity index (χ1) is 9.92. The molecule has 5 heteroatoms. The number of hydrogen-bond acceptors (Lipinski definition) is 3. The van der Waals surface area contributed by atoms with Gasteiger partial charge in [-0.2, -0.15) is 0 Å². The number of nitrogens with one attached hydrogen (secondary N) is 1. The topological polar surface area (TPSA) is 79.5 Å². The van der Waals surface area contributed by atoms with Gasteiger partial charge in [0, 0.05) is 18.2 Å². The summed E-state index contributed by atoms with van der Waals surface area (Å²) < 4.78 is 5.33.